The molecule has 1 aliphatic rings. The standard InChI is InChI=1S/C14H22N2O4S2/c1-11-7-8-16(12(9-11)10-15)22(19,20)14-5-3-13(4-6-14)21(2,17)18/h3-6,11-12H,7-10,15H2,1-2H3. The SMILES string of the molecule is CC1CCN(S(=O)(=O)c2ccc(S(C)(=O)=O)cc2)C(CN)C1. The van der Waals surface area contributed by atoms with Crippen molar-refractivity contribution in [3.05, 3.63) is 24.3 Å². The molecule has 1 saturated heterocycles. The van der Waals surface area contributed by atoms with Gasteiger partial charge in [-0.15, -0.1) is 0 Å². The molecule has 0 radical (unpaired) electrons. The fourth-order valence-electron chi connectivity index (χ4n) is 2.75. The third-order valence-electron chi connectivity index (χ3n) is 4.05. The lowest BCUT2D eigenvalue weighted by Gasteiger charge is -2.36. The van der Waals surface area contributed by atoms with Crippen molar-refractivity contribution in [3.63, 3.8) is 0 Å². The van der Waals surface area contributed by atoms with Crippen LogP contribution in [0.5, 0.6) is 0 Å². The molecule has 1 aromatic rings. The van der Waals surface area contributed by atoms with Crippen LogP contribution >= 0.6 is 0 Å². The number of nitrogens with zero attached hydrogens (tertiary/aromatic N) is 1. The van der Waals surface area contributed by atoms with Gasteiger partial charge in [-0.25, -0.2) is 16.8 Å². The molecule has 2 rings (SSSR count). The Kier molecular flexibility index (Phi) is 4.96. The number of rotatable bonds is 4. The van der Waals surface area contributed by atoms with Crippen molar-refractivity contribution in [1.82, 2.24) is 4.31 Å². The van der Waals surface area contributed by atoms with Crippen molar-refractivity contribution in [2.45, 2.75) is 35.6 Å². The fraction of sp³-hybridized carbons (Fsp3) is 0.571. The minimum absolute atomic E-state index is 0.105. The van der Waals surface area contributed by atoms with Gasteiger partial charge in [0.1, 0.15) is 0 Å². The first-order valence-electron chi connectivity index (χ1n) is 7.18. The molecule has 0 aliphatic carbocycles. The van der Waals surface area contributed by atoms with Gasteiger partial charge in [0.2, 0.25) is 10.0 Å². The van der Waals surface area contributed by atoms with E-state index in [9.17, 15) is 16.8 Å². The summed E-state index contributed by atoms with van der Waals surface area (Å²) in [6, 6.07) is 5.14. The zero-order chi connectivity index (χ0) is 16.5. The summed E-state index contributed by atoms with van der Waals surface area (Å²) in [6.07, 6.45) is 2.64. The topological polar surface area (TPSA) is 97.5 Å². The lowest BCUT2D eigenvalue weighted by molar-refractivity contribution is 0.211. The Hall–Kier alpha value is -0.960. The van der Waals surface area contributed by atoms with Crippen LogP contribution in [0.2, 0.25) is 0 Å². The number of benzene rings is 1. The van der Waals surface area contributed by atoms with Crippen molar-refractivity contribution >= 4 is 19.9 Å². The van der Waals surface area contributed by atoms with Gasteiger partial charge < -0.3 is 5.73 Å². The molecular formula is C14H22N2O4S2. The summed E-state index contributed by atoms with van der Waals surface area (Å²) in [5.74, 6) is 0.451. The molecule has 6 nitrogen and oxygen atoms in total. The van der Waals surface area contributed by atoms with Gasteiger partial charge in [0.15, 0.2) is 9.84 Å². The molecule has 2 unspecified atom stereocenters. The summed E-state index contributed by atoms with van der Waals surface area (Å²) in [4.78, 5) is 0.210. The van der Waals surface area contributed by atoms with Gasteiger partial charge >= 0.3 is 0 Å². The van der Waals surface area contributed by atoms with Gasteiger partial charge in [-0.05, 0) is 43.0 Å². The summed E-state index contributed by atoms with van der Waals surface area (Å²) >= 11 is 0. The third kappa shape index (κ3) is 3.51. The van der Waals surface area contributed by atoms with Crippen LogP contribution in [0.25, 0.3) is 0 Å². The van der Waals surface area contributed by atoms with Crippen LogP contribution in [-0.2, 0) is 19.9 Å². The lowest BCUT2D eigenvalue weighted by atomic mass is 9.94. The van der Waals surface area contributed by atoms with Gasteiger partial charge in [0.05, 0.1) is 9.79 Å². The number of nitrogens with two attached hydrogens (primary N) is 1. The molecule has 8 heteroatoms. The van der Waals surface area contributed by atoms with Crippen molar-refractivity contribution in [2.75, 3.05) is 19.3 Å². The van der Waals surface area contributed by atoms with Crippen molar-refractivity contribution in [1.29, 1.82) is 0 Å². The van der Waals surface area contributed by atoms with E-state index in [2.05, 4.69) is 6.92 Å². The molecule has 1 aliphatic heterocycles. The lowest BCUT2D eigenvalue weighted by Crippen LogP contribution is -2.49. The van der Waals surface area contributed by atoms with E-state index < -0.39 is 19.9 Å². The van der Waals surface area contributed by atoms with E-state index in [1.54, 1.807) is 0 Å². The molecule has 0 aromatic heterocycles. The molecule has 1 heterocycles. The average Bonchev–Trinajstić information content (AvgIpc) is 2.46. The number of sulfonamides is 1. The molecule has 1 aromatic carbocycles. The van der Waals surface area contributed by atoms with Gasteiger partial charge in [0.25, 0.3) is 0 Å². The summed E-state index contributed by atoms with van der Waals surface area (Å²) in [7, 11) is -6.99. The van der Waals surface area contributed by atoms with Crippen molar-refractivity contribution < 1.29 is 16.8 Å². The maximum absolute atomic E-state index is 12.7. The summed E-state index contributed by atoms with van der Waals surface area (Å²) < 4.78 is 49.8. The van der Waals surface area contributed by atoms with Crippen LogP contribution in [0.1, 0.15) is 19.8 Å². The second kappa shape index (κ2) is 6.27. The first-order chi connectivity index (χ1) is 10.2. The molecule has 0 amide bonds. The Morgan fingerprint density at radius 1 is 1.14 bits per heavy atom. The molecule has 0 saturated carbocycles. The summed E-state index contributed by atoms with van der Waals surface area (Å²) in [6.45, 7) is 2.82. The molecule has 0 bridgehead atoms. The third-order valence-corrected chi connectivity index (χ3v) is 7.15. The highest BCUT2D eigenvalue weighted by atomic mass is 32.2. The fourth-order valence-corrected chi connectivity index (χ4v) is 5.05. The molecule has 2 atom stereocenters. The van der Waals surface area contributed by atoms with Crippen LogP contribution in [0.3, 0.4) is 0 Å². The van der Waals surface area contributed by atoms with E-state index in [-0.39, 0.29) is 22.4 Å². The predicted molar refractivity (Wildman–Crippen MR) is 84.7 cm³/mol. The largest absolute Gasteiger partial charge is 0.329 e. The van der Waals surface area contributed by atoms with Gasteiger partial charge in [-0.3, -0.25) is 0 Å². The first kappa shape index (κ1) is 17.4. The van der Waals surface area contributed by atoms with Gasteiger partial charge in [0, 0.05) is 25.4 Å². The Morgan fingerprint density at radius 3 is 2.18 bits per heavy atom. The minimum atomic E-state index is -3.65. The van der Waals surface area contributed by atoms with Crippen LogP contribution in [-0.4, -0.2) is 46.5 Å². The number of sulfone groups is 1. The molecule has 2 N–H and O–H groups in total. The zero-order valence-corrected chi connectivity index (χ0v) is 14.4. The molecule has 1 fully saturated rings. The van der Waals surface area contributed by atoms with Crippen molar-refractivity contribution in [3.8, 4) is 0 Å². The van der Waals surface area contributed by atoms with E-state index in [0.717, 1.165) is 19.1 Å². The van der Waals surface area contributed by atoms with Crippen LogP contribution in [0, 0.1) is 5.92 Å². The summed E-state index contributed by atoms with van der Waals surface area (Å²) in [5.41, 5.74) is 5.73. The Balaban J connectivity index is 2.34. The maximum atomic E-state index is 12.7. The molecular weight excluding hydrogens is 324 g/mol. The normalized spacial score (nSPS) is 24.3. The highest BCUT2D eigenvalue weighted by molar-refractivity contribution is 7.90. The maximum Gasteiger partial charge on any atom is 0.243 e. The Bertz CT molecular complexity index is 727. The summed E-state index contributed by atoms with van der Waals surface area (Å²) in [5, 5.41) is 0. The predicted octanol–water partition coefficient (Wildman–Crippen LogP) is 0.838. The average molecular weight is 346 g/mol. The second-order valence-electron chi connectivity index (χ2n) is 5.88. The quantitative estimate of drug-likeness (QED) is 0.871. The molecule has 124 valence electrons. The zero-order valence-electron chi connectivity index (χ0n) is 12.8. The van der Waals surface area contributed by atoms with Gasteiger partial charge in [-0.1, -0.05) is 6.92 Å². The van der Waals surface area contributed by atoms with Crippen molar-refractivity contribution in [2.24, 2.45) is 11.7 Å². The Labute approximate surface area is 132 Å². The van der Waals surface area contributed by atoms with E-state index in [0.29, 0.717) is 12.5 Å². The molecule has 0 spiro atoms. The molecule has 22 heavy (non-hydrogen) atoms. The van der Waals surface area contributed by atoms with E-state index >= 15 is 0 Å². The smallest absolute Gasteiger partial charge is 0.243 e. The van der Waals surface area contributed by atoms with Gasteiger partial charge in [-0.2, -0.15) is 4.31 Å². The second-order valence-corrected chi connectivity index (χ2v) is 9.78. The number of hydrogen-bond donors (Lipinski definition) is 1. The number of hydrogen-bond acceptors (Lipinski definition) is 5. The monoisotopic (exact) mass is 346 g/mol. The highest BCUT2D eigenvalue weighted by Crippen LogP contribution is 2.28. The van der Waals surface area contributed by atoms with Crippen LogP contribution < -0.4 is 5.73 Å². The minimum Gasteiger partial charge on any atom is -0.329 e. The van der Waals surface area contributed by atoms with E-state index in [4.69, 9.17) is 5.73 Å². The van der Waals surface area contributed by atoms with Crippen LogP contribution in [0.15, 0.2) is 34.1 Å². The van der Waals surface area contributed by atoms with E-state index in [1.807, 2.05) is 0 Å². The highest BCUT2D eigenvalue weighted by Gasteiger charge is 2.34. The Morgan fingerprint density at radius 2 is 1.68 bits per heavy atom. The van der Waals surface area contributed by atoms with Crippen LogP contribution in [0.4, 0.5) is 0 Å². The van der Waals surface area contributed by atoms with E-state index in [1.165, 1.54) is 28.6 Å². The first-order valence-corrected chi connectivity index (χ1v) is 10.5. The number of piperidine rings is 1.